The lowest BCUT2D eigenvalue weighted by Crippen LogP contribution is -2.23. The molecular formula is C22H23N7O2. The van der Waals surface area contributed by atoms with Gasteiger partial charge in [-0.2, -0.15) is 4.68 Å². The van der Waals surface area contributed by atoms with Crippen molar-refractivity contribution in [1.29, 1.82) is 0 Å². The van der Waals surface area contributed by atoms with Gasteiger partial charge >= 0.3 is 0 Å². The highest BCUT2D eigenvalue weighted by Crippen LogP contribution is 2.26. The summed E-state index contributed by atoms with van der Waals surface area (Å²) in [5.41, 5.74) is 4.24. The molecule has 0 unspecified atom stereocenters. The summed E-state index contributed by atoms with van der Waals surface area (Å²) in [5, 5.41) is 22.6. The zero-order valence-corrected chi connectivity index (χ0v) is 17.8. The van der Waals surface area contributed by atoms with Gasteiger partial charge in [-0.1, -0.05) is 43.7 Å². The lowest BCUT2D eigenvalue weighted by atomic mass is 10.0. The summed E-state index contributed by atoms with van der Waals surface area (Å²) in [5.74, 6) is 1.38. The van der Waals surface area contributed by atoms with Crippen molar-refractivity contribution in [3.63, 3.8) is 0 Å². The van der Waals surface area contributed by atoms with Gasteiger partial charge in [-0.25, -0.2) is 0 Å². The van der Waals surface area contributed by atoms with Gasteiger partial charge in [-0.05, 0) is 46.7 Å². The van der Waals surface area contributed by atoms with Gasteiger partial charge in [-0.15, -0.1) is 15.3 Å². The molecule has 9 heteroatoms. The highest BCUT2D eigenvalue weighted by Gasteiger charge is 2.16. The van der Waals surface area contributed by atoms with Gasteiger partial charge in [0.2, 0.25) is 11.8 Å². The van der Waals surface area contributed by atoms with Gasteiger partial charge in [0.15, 0.2) is 5.82 Å². The van der Waals surface area contributed by atoms with Crippen molar-refractivity contribution in [2.24, 2.45) is 0 Å². The summed E-state index contributed by atoms with van der Waals surface area (Å²) in [6.07, 6.45) is 0. The Labute approximate surface area is 179 Å². The second kappa shape index (κ2) is 8.47. The molecule has 2 aromatic carbocycles. The van der Waals surface area contributed by atoms with E-state index in [0.29, 0.717) is 28.9 Å². The maximum absolute atomic E-state index is 12.9. The van der Waals surface area contributed by atoms with Crippen LogP contribution in [-0.4, -0.2) is 36.3 Å². The Kier molecular flexibility index (Phi) is 5.57. The van der Waals surface area contributed by atoms with E-state index in [9.17, 15) is 4.79 Å². The number of carbonyl (C=O) groups is 1. The number of hydrogen-bond donors (Lipinski definition) is 1. The second-order valence-corrected chi connectivity index (χ2v) is 7.64. The minimum absolute atomic E-state index is 0.121. The Hall–Kier alpha value is -3.88. The lowest BCUT2D eigenvalue weighted by molar-refractivity contribution is 0.0947. The van der Waals surface area contributed by atoms with Crippen molar-refractivity contribution in [3.8, 4) is 16.8 Å². The highest BCUT2D eigenvalue weighted by molar-refractivity contribution is 5.96. The number of hydrogen-bond acceptors (Lipinski definition) is 7. The summed E-state index contributed by atoms with van der Waals surface area (Å²) >= 11 is 0. The molecule has 4 aromatic rings. The molecule has 1 amide bonds. The Morgan fingerprint density at radius 1 is 1.03 bits per heavy atom. The quantitative estimate of drug-likeness (QED) is 0.512. The monoisotopic (exact) mass is 417 g/mol. The smallest absolute Gasteiger partial charge is 0.251 e. The molecule has 0 aliphatic carbocycles. The van der Waals surface area contributed by atoms with Gasteiger partial charge in [0.25, 0.3) is 5.91 Å². The highest BCUT2D eigenvalue weighted by atomic mass is 16.4. The van der Waals surface area contributed by atoms with E-state index in [-0.39, 0.29) is 18.4 Å². The Morgan fingerprint density at radius 3 is 2.48 bits per heavy atom. The molecule has 2 heterocycles. The first-order valence-electron chi connectivity index (χ1n) is 9.98. The van der Waals surface area contributed by atoms with Crippen LogP contribution < -0.4 is 5.32 Å². The number of nitrogens with one attached hydrogen (secondary N) is 1. The molecule has 0 aliphatic heterocycles. The average molecular weight is 417 g/mol. The summed E-state index contributed by atoms with van der Waals surface area (Å²) in [6.45, 7) is 7.92. The number of amides is 1. The van der Waals surface area contributed by atoms with Crippen molar-refractivity contribution >= 4 is 5.91 Å². The van der Waals surface area contributed by atoms with Crippen LogP contribution in [0.1, 0.15) is 53.3 Å². The number of carbonyl (C=O) groups excluding carboxylic acids is 1. The fourth-order valence-corrected chi connectivity index (χ4v) is 3.18. The topological polar surface area (TPSA) is 112 Å². The molecule has 0 radical (unpaired) electrons. The molecule has 0 atom stereocenters. The van der Waals surface area contributed by atoms with Gasteiger partial charge < -0.3 is 9.73 Å². The van der Waals surface area contributed by atoms with Gasteiger partial charge in [0, 0.05) is 18.4 Å². The van der Waals surface area contributed by atoms with E-state index in [1.54, 1.807) is 17.7 Å². The second-order valence-electron chi connectivity index (χ2n) is 7.64. The predicted molar refractivity (Wildman–Crippen MR) is 114 cm³/mol. The van der Waals surface area contributed by atoms with Crippen LogP contribution >= 0.6 is 0 Å². The molecule has 0 bridgehead atoms. The zero-order valence-electron chi connectivity index (χ0n) is 17.8. The molecule has 158 valence electrons. The first kappa shape index (κ1) is 20.4. The van der Waals surface area contributed by atoms with Crippen LogP contribution in [0.25, 0.3) is 16.8 Å². The molecule has 0 saturated carbocycles. The zero-order chi connectivity index (χ0) is 22.0. The van der Waals surface area contributed by atoms with Crippen LogP contribution in [0.3, 0.4) is 0 Å². The standard InChI is InChI=1S/C22H23N7O2/c1-13(2)21-26-27-28-29(21)19-10-17(16-7-5-14(3)6-8-16)9-18(11-19)22(30)23-12-20-25-24-15(4)31-20/h5-11,13H,12H2,1-4H3,(H,23,30). The lowest BCUT2D eigenvalue weighted by Gasteiger charge is -2.12. The van der Waals surface area contributed by atoms with Gasteiger partial charge in [0.05, 0.1) is 12.2 Å². The van der Waals surface area contributed by atoms with Crippen LogP contribution in [0.5, 0.6) is 0 Å². The van der Waals surface area contributed by atoms with Crippen molar-refractivity contribution in [1.82, 2.24) is 35.7 Å². The molecule has 0 spiro atoms. The Bertz CT molecular complexity index is 1210. The van der Waals surface area contributed by atoms with Gasteiger partial charge in [0.1, 0.15) is 0 Å². The molecule has 31 heavy (non-hydrogen) atoms. The van der Waals surface area contributed by atoms with Crippen molar-refractivity contribution < 1.29 is 9.21 Å². The van der Waals surface area contributed by atoms with E-state index >= 15 is 0 Å². The van der Waals surface area contributed by atoms with Crippen LogP contribution in [0.2, 0.25) is 0 Å². The first-order chi connectivity index (χ1) is 14.9. The fraction of sp³-hybridized carbons (Fsp3) is 0.273. The normalized spacial score (nSPS) is 11.1. The third kappa shape index (κ3) is 4.50. The Balaban J connectivity index is 1.72. The molecule has 1 N–H and O–H groups in total. The minimum atomic E-state index is -0.259. The SMILES string of the molecule is Cc1ccc(-c2cc(C(=O)NCc3nnc(C)o3)cc(-n3nnnc3C(C)C)c2)cc1. The summed E-state index contributed by atoms with van der Waals surface area (Å²) in [7, 11) is 0. The maximum atomic E-state index is 12.9. The number of aryl methyl sites for hydroxylation is 2. The van der Waals surface area contributed by atoms with E-state index in [1.807, 2.05) is 57.2 Å². The van der Waals surface area contributed by atoms with Crippen LogP contribution in [0.4, 0.5) is 0 Å². The number of tetrazole rings is 1. The number of rotatable bonds is 6. The molecule has 2 aromatic heterocycles. The number of aromatic nitrogens is 6. The van der Waals surface area contributed by atoms with Crippen molar-refractivity contribution in [2.45, 2.75) is 40.2 Å². The molecule has 0 fully saturated rings. The van der Waals surface area contributed by atoms with E-state index in [0.717, 1.165) is 16.7 Å². The van der Waals surface area contributed by atoms with E-state index in [4.69, 9.17) is 4.42 Å². The third-order valence-electron chi connectivity index (χ3n) is 4.79. The van der Waals surface area contributed by atoms with E-state index in [1.165, 1.54) is 0 Å². The van der Waals surface area contributed by atoms with Crippen molar-refractivity contribution in [3.05, 3.63) is 71.2 Å². The van der Waals surface area contributed by atoms with E-state index < -0.39 is 0 Å². The molecule has 0 saturated heterocycles. The molecular weight excluding hydrogens is 394 g/mol. The molecule has 0 aliphatic rings. The fourth-order valence-electron chi connectivity index (χ4n) is 3.18. The Morgan fingerprint density at radius 2 is 1.81 bits per heavy atom. The summed E-state index contributed by atoms with van der Waals surface area (Å²) in [6, 6.07) is 13.7. The first-order valence-corrected chi connectivity index (χ1v) is 9.98. The van der Waals surface area contributed by atoms with Gasteiger partial charge in [-0.3, -0.25) is 4.79 Å². The largest absolute Gasteiger partial charge is 0.424 e. The molecule has 9 nitrogen and oxygen atoms in total. The van der Waals surface area contributed by atoms with Crippen molar-refractivity contribution in [2.75, 3.05) is 0 Å². The summed E-state index contributed by atoms with van der Waals surface area (Å²) < 4.78 is 7.00. The van der Waals surface area contributed by atoms with Crippen LogP contribution in [-0.2, 0) is 6.54 Å². The minimum Gasteiger partial charge on any atom is -0.424 e. The third-order valence-corrected chi connectivity index (χ3v) is 4.79. The molecule has 4 rings (SSSR count). The number of nitrogens with zero attached hydrogens (tertiary/aromatic N) is 6. The van der Waals surface area contributed by atoms with E-state index in [2.05, 4.69) is 31.0 Å². The van der Waals surface area contributed by atoms with Crippen LogP contribution in [0, 0.1) is 13.8 Å². The maximum Gasteiger partial charge on any atom is 0.251 e. The average Bonchev–Trinajstić information content (AvgIpc) is 3.41. The predicted octanol–water partition coefficient (Wildman–Crippen LogP) is 3.38. The summed E-state index contributed by atoms with van der Waals surface area (Å²) in [4.78, 5) is 12.9. The number of benzene rings is 2. The van der Waals surface area contributed by atoms with Crippen LogP contribution in [0.15, 0.2) is 46.9 Å².